The zero-order valence-corrected chi connectivity index (χ0v) is 17.8. The number of hydrogen-bond donors (Lipinski definition) is 2. The third kappa shape index (κ3) is 5.23. The topological polar surface area (TPSA) is 74.7 Å². The molecule has 0 radical (unpaired) electrons. The van der Waals surface area contributed by atoms with E-state index in [0.29, 0.717) is 19.1 Å². The molecule has 7 heteroatoms. The molecule has 28 heavy (non-hydrogen) atoms. The molecule has 152 valence electrons. The lowest BCUT2D eigenvalue weighted by Crippen LogP contribution is -2.34. The Morgan fingerprint density at radius 2 is 2.14 bits per heavy atom. The number of ether oxygens (including phenoxy) is 1. The molecule has 1 aliphatic rings. The highest BCUT2D eigenvalue weighted by Gasteiger charge is 2.30. The Kier molecular flexibility index (Phi) is 6.25. The van der Waals surface area contributed by atoms with E-state index in [2.05, 4.69) is 27.3 Å². The molecule has 0 spiro atoms. The number of aliphatic hydroxyl groups excluding tert-OH is 1. The van der Waals surface area contributed by atoms with Crippen LogP contribution in [-0.2, 0) is 11.3 Å². The van der Waals surface area contributed by atoms with Crippen molar-refractivity contribution in [3.8, 4) is 10.4 Å². The zero-order chi connectivity index (χ0) is 20.3. The van der Waals surface area contributed by atoms with Crippen LogP contribution in [0.2, 0.25) is 0 Å². The molecule has 1 aliphatic carbocycles. The number of aromatic nitrogens is 1. The Labute approximate surface area is 170 Å². The van der Waals surface area contributed by atoms with Gasteiger partial charge in [0.15, 0.2) is 0 Å². The minimum absolute atomic E-state index is 0.0965. The van der Waals surface area contributed by atoms with Crippen LogP contribution >= 0.6 is 11.3 Å². The second-order valence-corrected chi connectivity index (χ2v) is 8.97. The van der Waals surface area contributed by atoms with Crippen LogP contribution in [0.5, 0.6) is 0 Å². The van der Waals surface area contributed by atoms with E-state index in [1.165, 1.54) is 0 Å². The van der Waals surface area contributed by atoms with Crippen LogP contribution in [0.15, 0.2) is 23.7 Å². The Hall–Kier alpha value is -2.12. The van der Waals surface area contributed by atoms with Crippen molar-refractivity contribution < 1.29 is 14.6 Å². The van der Waals surface area contributed by atoms with E-state index in [1.54, 1.807) is 11.3 Å². The monoisotopic (exact) mass is 403 g/mol. The van der Waals surface area contributed by atoms with Crippen LogP contribution in [0.1, 0.15) is 44.9 Å². The Balaban J connectivity index is 1.87. The van der Waals surface area contributed by atoms with E-state index in [9.17, 15) is 9.90 Å². The highest BCUT2D eigenvalue weighted by atomic mass is 32.1. The van der Waals surface area contributed by atoms with Gasteiger partial charge in [0.25, 0.3) is 0 Å². The first kappa shape index (κ1) is 20.6. The Morgan fingerprint density at radius 1 is 1.39 bits per heavy atom. The summed E-state index contributed by atoms with van der Waals surface area (Å²) in [7, 11) is 0. The number of nitrogens with zero attached hydrogens (tertiary/aromatic N) is 2. The van der Waals surface area contributed by atoms with Crippen molar-refractivity contribution in [2.24, 2.45) is 0 Å². The molecule has 6 nitrogen and oxygen atoms in total. The summed E-state index contributed by atoms with van der Waals surface area (Å²) in [4.78, 5) is 19.9. The summed E-state index contributed by atoms with van der Waals surface area (Å²) in [6.07, 6.45) is 1.83. The molecule has 0 bridgehead atoms. The molecule has 2 aromatic rings. The van der Waals surface area contributed by atoms with Crippen molar-refractivity contribution >= 4 is 23.1 Å². The number of thiazole rings is 1. The summed E-state index contributed by atoms with van der Waals surface area (Å²) < 4.78 is 5.36. The first-order valence-corrected chi connectivity index (χ1v) is 10.5. The molecule has 1 fully saturated rings. The van der Waals surface area contributed by atoms with Gasteiger partial charge < -0.3 is 20.1 Å². The first-order chi connectivity index (χ1) is 13.3. The minimum atomic E-state index is -0.530. The smallest absolute Gasteiger partial charge is 0.407 e. The van der Waals surface area contributed by atoms with Gasteiger partial charge in [-0.2, -0.15) is 0 Å². The van der Waals surface area contributed by atoms with Crippen molar-refractivity contribution in [2.45, 2.75) is 58.7 Å². The fourth-order valence-corrected chi connectivity index (χ4v) is 3.98. The molecule has 1 amide bonds. The van der Waals surface area contributed by atoms with Crippen LogP contribution < -0.4 is 10.2 Å². The van der Waals surface area contributed by atoms with Crippen molar-refractivity contribution in [1.82, 2.24) is 10.3 Å². The third-order valence-corrected chi connectivity index (χ3v) is 5.53. The van der Waals surface area contributed by atoms with E-state index in [1.807, 2.05) is 39.3 Å². The molecule has 0 saturated heterocycles. The average Bonchev–Trinajstić information content (AvgIpc) is 3.37. The number of rotatable bonds is 7. The van der Waals surface area contributed by atoms with Gasteiger partial charge in [-0.05, 0) is 57.7 Å². The number of hydrogen-bond acceptors (Lipinski definition) is 6. The zero-order valence-electron chi connectivity index (χ0n) is 17.0. The Morgan fingerprint density at radius 3 is 2.71 bits per heavy atom. The van der Waals surface area contributed by atoms with E-state index >= 15 is 0 Å². The molecule has 2 N–H and O–H groups in total. The number of benzene rings is 1. The highest BCUT2D eigenvalue weighted by molar-refractivity contribution is 7.13. The molecule has 1 heterocycles. The summed E-state index contributed by atoms with van der Waals surface area (Å²) in [6, 6.07) is 6.72. The summed E-state index contributed by atoms with van der Waals surface area (Å²) in [5, 5.41) is 12.4. The quantitative estimate of drug-likeness (QED) is 0.728. The van der Waals surface area contributed by atoms with Gasteiger partial charge >= 0.3 is 6.09 Å². The van der Waals surface area contributed by atoms with Crippen molar-refractivity contribution in [2.75, 3.05) is 18.1 Å². The summed E-state index contributed by atoms with van der Waals surface area (Å²) in [6.45, 7) is 8.60. The van der Waals surface area contributed by atoms with Gasteiger partial charge in [0, 0.05) is 24.8 Å². The summed E-state index contributed by atoms with van der Waals surface area (Å²) >= 11 is 1.62. The molecular formula is C21H29N3O3S. The second kappa shape index (κ2) is 8.49. The molecular weight excluding hydrogens is 374 g/mol. The molecule has 0 atom stereocenters. The molecule has 1 aromatic heterocycles. The Bertz CT molecular complexity index is 825. The van der Waals surface area contributed by atoms with Crippen LogP contribution in [0.25, 0.3) is 10.4 Å². The predicted octanol–water partition coefficient (Wildman–Crippen LogP) is 4.10. The maximum Gasteiger partial charge on any atom is 0.407 e. The van der Waals surface area contributed by atoms with Gasteiger partial charge in [-0.25, -0.2) is 9.78 Å². The SMILES string of the molecule is Cc1ncsc1-c1ccc(CNC(=O)OC(C)(C)C)c(N(CCO)C2CC2)c1. The number of aliphatic hydroxyl groups is 1. The first-order valence-electron chi connectivity index (χ1n) is 9.66. The van der Waals surface area contributed by atoms with E-state index < -0.39 is 11.7 Å². The number of anilines is 1. The number of carbonyl (C=O) groups excluding carboxylic acids is 1. The maximum atomic E-state index is 12.1. The number of amides is 1. The normalized spacial score (nSPS) is 14.0. The van der Waals surface area contributed by atoms with Gasteiger partial charge in [-0.15, -0.1) is 11.3 Å². The molecule has 1 saturated carbocycles. The lowest BCUT2D eigenvalue weighted by Gasteiger charge is -2.27. The van der Waals surface area contributed by atoms with Crippen LogP contribution in [0.3, 0.4) is 0 Å². The van der Waals surface area contributed by atoms with E-state index in [0.717, 1.165) is 40.2 Å². The fourth-order valence-electron chi connectivity index (χ4n) is 3.18. The molecule has 0 aliphatic heterocycles. The van der Waals surface area contributed by atoms with Gasteiger partial charge in [0.2, 0.25) is 0 Å². The second-order valence-electron chi connectivity index (χ2n) is 8.11. The van der Waals surface area contributed by atoms with Gasteiger partial charge in [0.05, 0.1) is 22.7 Å². The lowest BCUT2D eigenvalue weighted by molar-refractivity contribution is 0.0523. The van der Waals surface area contributed by atoms with Crippen LogP contribution in [0, 0.1) is 6.92 Å². The number of nitrogens with one attached hydrogen (secondary N) is 1. The van der Waals surface area contributed by atoms with Crippen molar-refractivity contribution in [1.29, 1.82) is 0 Å². The largest absolute Gasteiger partial charge is 0.444 e. The minimum Gasteiger partial charge on any atom is -0.444 e. The van der Waals surface area contributed by atoms with Crippen LogP contribution in [0.4, 0.5) is 10.5 Å². The predicted molar refractivity (Wildman–Crippen MR) is 113 cm³/mol. The standard InChI is InChI=1S/C21H29N3O3S/c1-14-19(28-13-23-14)15-5-6-16(12-22-20(26)27-21(2,3)4)18(11-15)24(9-10-25)17-7-8-17/h5-6,11,13,17,25H,7-10,12H2,1-4H3,(H,22,26). The van der Waals surface area contributed by atoms with E-state index in [4.69, 9.17) is 4.74 Å². The summed E-state index contributed by atoms with van der Waals surface area (Å²) in [5.74, 6) is 0. The summed E-state index contributed by atoms with van der Waals surface area (Å²) in [5.41, 5.74) is 5.51. The van der Waals surface area contributed by atoms with Gasteiger partial charge in [-0.3, -0.25) is 0 Å². The molecule has 0 unspecified atom stereocenters. The van der Waals surface area contributed by atoms with Crippen molar-refractivity contribution in [3.05, 3.63) is 35.0 Å². The number of aryl methyl sites for hydroxylation is 1. The maximum absolute atomic E-state index is 12.1. The highest BCUT2D eigenvalue weighted by Crippen LogP contribution is 2.37. The number of carbonyl (C=O) groups is 1. The van der Waals surface area contributed by atoms with Crippen molar-refractivity contribution in [3.63, 3.8) is 0 Å². The van der Waals surface area contributed by atoms with E-state index in [-0.39, 0.29) is 6.61 Å². The van der Waals surface area contributed by atoms with Crippen LogP contribution in [-0.4, -0.2) is 41.0 Å². The lowest BCUT2D eigenvalue weighted by atomic mass is 10.1. The van der Waals surface area contributed by atoms with Gasteiger partial charge in [0.1, 0.15) is 5.60 Å². The third-order valence-electron chi connectivity index (χ3n) is 4.55. The number of alkyl carbamates (subject to hydrolysis) is 1. The average molecular weight is 404 g/mol. The van der Waals surface area contributed by atoms with Gasteiger partial charge in [-0.1, -0.05) is 12.1 Å². The fraction of sp³-hybridized carbons (Fsp3) is 0.524. The molecule has 1 aromatic carbocycles. The molecule has 3 rings (SSSR count).